The lowest BCUT2D eigenvalue weighted by Gasteiger charge is -2.12. The lowest BCUT2D eigenvalue weighted by atomic mass is 10.1. The highest BCUT2D eigenvalue weighted by atomic mass is 35.5. The standard InChI is InChI=1S/C14H13ClF2N4/c1-8-11(12(18)21-13(19)20-8)6-7-14(16,17)9-2-4-10(15)5-3-9/h2-7H,1H3,(H4,18,19,20,21). The number of hydrogen-bond acceptors (Lipinski definition) is 4. The maximum absolute atomic E-state index is 14.1. The van der Waals surface area contributed by atoms with Crippen LogP contribution in [0.1, 0.15) is 16.8 Å². The molecule has 2 aromatic rings. The molecule has 0 aliphatic rings. The molecular formula is C14H13ClF2N4. The molecule has 0 saturated heterocycles. The minimum absolute atomic E-state index is 0.00612. The molecule has 1 aromatic carbocycles. The van der Waals surface area contributed by atoms with Crippen LogP contribution in [0.3, 0.4) is 0 Å². The summed E-state index contributed by atoms with van der Waals surface area (Å²) in [5, 5.41) is 0.394. The first kappa shape index (κ1) is 15.2. The summed E-state index contributed by atoms with van der Waals surface area (Å²) in [5.41, 5.74) is 11.7. The molecule has 1 aromatic heterocycles. The number of alkyl halides is 2. The quantitative estimate of drug-likeness (QED) is 0.910. The molecule has 0 radical (unpaired) electrons. The monoisotopic (exact) mass is 310 g/mol. The van der Waals surface area contributed by atoms with Crippen molar-refractivity contribution in [2.24, 2.45) is 0 Å². The van der Waals surface area contributed by atoms with Gasteiger partial charge in [-0.2, -0.15) is 13.8 Å². The molecule has 0 aliphatic carbocycles. The van der Waals surface area contributed by atoms with Crippen LogP contribution in [0, 0.1) is 6.92 Å². The molecule has 0 amide bonds. The second kappa shape index (κ2) is 5.65. The number of rotatable bonds is 3. The number of nitrogen functional groups attached to an aromatic ring is 2. The number of anilines is 2. The number of aryl methyl sites for hydroxylation is 1. The van der Waals surface area contributed by atoms with Gasteiger partial charge in [-0.25, -0.2) is 4.98 Å². The Bertz CT molecular complexity index is 661. The molecule has 2 rings (SSSR count). The summed E-state index contributed by atoms with van der Waals surface area (Å²) in [6, 6.07) is 5.35. The van der Waals surface area contributed by atoms with Crippen molar-refractivity contribution in [3.8, 4) is 0 Å². The van der Waals surface area contributed by atoms with E-state index < -0.39 is 5.92 Å². The lowest BCUT2D eigenvalue weighted by Crippen LogP contribution is -2.10. The molecule has 21 heavy (non-hydrogen) atoms. The molecule has 0 unspecified atom stereocenters. The van der Waals surface area contributed by atoms with Crippen LogP contribution in [0.2, 0.25) is 5.02 Å². The third-order valence-electron chi connectivity index (χ3n) is 2.87. The Hall–Kier alpha value is -2.21. The number of hydrogen-bond donors (Lipinski definition) is 2. The molecule has 0 aliphatic heterocycles. The highest BCUT2D eigenvalue weighted by Crippen LogP contribution is 2.31. The Balaban J connectivity index is 2.34. The summed E-state index contributed by atoms with van der Waals surface area (Å²) in [6.45, 7) is 1.62. The van der Waals surface area contributed by atoms with E-state index in [1.54, 1.807) is 6.92 Å². The van der Waals surface area contributed by atoms with Gasteiger partial charge in [-0.3, -0.25) is 0 Å². The van der Waals surface area contributed by atoms with Crippen molar-refractivity contribution in [2.75, 3.05) is 11.5 Å². The third kappa shape index (κ3) is 3.46. The largest absolute Gasteiger partial charge is 0.383 e. The average molecular weight is 311 g/mol. The van der Waals surface area contributed by atoms with Gasteiger partial charge in [0.1, 0.15) is 5.82 Å². The van der Waals surface area contributed by atoms with Crippen molar-refractivity contribution in [1.29, 1.82) is 0 Å². The normalized spacial score (nSPS) is 12.0. The number of nitrogens with zero attached hydrogens (tertiary/aromatic N) is 2. The van der Waals surface area contributed by atoms with E-state index in [2.05, 4.69) is 9.97 Å². The van der Waals surface area contributed by atoms with Crippen molar-refractivity contribution in [3.63, 3.8) is 0 Å². The van der Waals surface area contributed by atoms with Crippen molar-refractivity contribution in [1.82, 2.24) is 9.97 Å². The van der Waals surface area contributed by atoms with E-state index in [1.807, 2.05) is 0 Å². The summed E-state index contributed by atoms with van der Waals surface area (Å²) in [5.74, 6) is -3.10. The minimum Gasteiger partial charge on any atom is -0.383 e. The number of nitrogens with two attached hydrogens (primary N) is 2. The van der Waals surface area contributed by atoms with Gasteiger partial charge in [-0.05, 0) is 31.2 Å². The Morgan fingerprint density at radius 1 is 1.14 bits per heavy atom. The highest BCUT2D eigenvalue weighted by Gasteiger charge is 2.27. The lowest BCUT2D eigenvalue weighted by molar-refractivity contribution is 0.0531. The van der Waals surface area contributed by atoms with Gasteiger partial charge in [0.15, 0.2) is 0 Å². The number of aromatic nitrogens is 2. The summed E-state index contributed by atoms with van der Waals surface area (Å²) in [4.78, 5) is 7.64. The maximum atomic E-state index is 14.1. The molecule has 0 saturated carbocycles. The molecule has 1 heterocycles. The zero-order valence-electron chi connectivity index (χ0n) is 11.1. The molecule has 0 spiro atoms. The van der Waals surface area contributed by atoms with Crippen molar-refractivity contribution in [3.05, 3.63) is 52.2 Å². The van der Waals surface area contributed by atoms with E-state index in [1.165, 1.54) is 30.3 Å². The van der Waals surface area contributed by atoms with Crippen LogP contribution in [0.5, 0.6) is 0 Å². The number of halogens is 3. The van der Waals surface area contributed by atoms with Gasteiger partial charge in [0.25, 0.3) is 5.92 Å². The topological polar surface area (TPSA) is 77.8 Å². The van der Waals surface area contributed by atoms with Crippen LogP contribution >= 0.6 is 11.6 Å². The van der Waals surface area contributed by atoms with Gasteiger partial charge in [0.05, 0.1) is 5.69 Å². The predicted octanol–water partition coefficient (Wildman–Crippen LogP) is 3.41. The predicted molar refractivity (Wildman–Crippen MR) is 80.0 cm³/mol. The smallest absolute Gasteiger partial charge is 0.292 e. The van der Waals surface area contributed by atoms with E-state index in [4.69, 9.17) is 23.1 Å². The van der Waals surface area contributed by atoms with Crippen molar-refractivity contribution in [2.45, 2.75) is 12.8 Å². The summed E-state index contributed by atoms with van der Waals surface area (Å²) in [7, 11) is 0. The van der Waals surface area contributed by atoms with E-state index in [0.717, 1.165) is 6.08 Å². The molecule has 4 N–H and O–H groups in total. The Labute approximate surface area is 125 Å². The Kier molecular flexibility index (Phi) is 4.09. The Morgan fingerprint density at radius 2 is 1.76 bits per heavy atom. The van der Waals surface area contributed by atoms with Crippen LogP contribution in [-0.2, 0) is 5.92 Å². The van der Waals surface area contributed by atoms with Crippen molar-refractivity contribution >= 4 is 29.4 Å². The Morgan fingerprint density at radius 3 is 2.33 bits per heavy atom. The van der Waals surface area contributed by atoms with Gasteiger partial charge in [-0.1, -0.05) is 23.7 Å². The van der Waals surface area contributed by atoms with Gasteiger partial charge < -0.3 is 11.5 Å². The molecule has 0 atom stereocenters. The van der Waals surface area contributed by atoms with Crippen LogP contribution < -0.4 is 11.5 Å². The first-order valence-corrected chi connectivity index (χ1v) is 6.40. The zero-order valence-corrected chi connectivity index (χ0v) is 11.9. The number of benzene rings is 1. The van der Waals surface area contributed by atoms with E-state index in [0.29, 0.717) is 16.3 Å². The van der Waals surface area contributed by atoms with Crippen LogP contribution in [0.15, 0.2) is 30.3 Å². The van der Waals surface area contributed by atoms with Crippen molar-refractivity contribution < 1.29 is 8.78 Å². The first-order chi connectivity index (χ1) is 9.79. The van der Waals surface area contributed by atoms with Crippen LogP contribution in [0.4, 0.5) is 20.5 Å². The van der Waals surface area contributed by atoms with Gasteiger partial charge in [0, 0.05) is 16.1 Å². The molecule has 4 nitrogen and oxygen atoms in total. The van der Waals surface area contributed by atoms with E-state index in [9.17, 15) is 8.78 Å². The van der Waals surface area contributed by atoms with Gasteiger partial charge in [0.2, 0.25) is 5.95 Å². The molecule has 110 valence electrons. The molecule has 0 bridgehead atoms. The zero-order chi connectivity index (χ0) is 15.6. The summed E-state index contributed by atoms with van der Waals surface area (Å²) < 4.78 is 28.2. The fourth-order valence-corrected chi connectivity index (χ4v) is 1.91. The second-order valence-corrected chi connectivity index (χ2v) is 4.87. The number of allylic oxidation sites excluding steroid dienone is 1. The molecule has 7 heteroatoms. The highest BCUT2D eigenvalue weighted by molar-refractivity contribution is 6.30. The van der Waals surface area contributed by atoms with E-state index in [-0.39, 0.29) is 17.3 Å². The average Bonchev–Trinajstić information content (AvgIpc) is 2.37. The maximum Gasteiger partial charge on any atom is 0.292 e. The summed E-state index contributed by atoms with van der Waals surface area (Å²) >= 11 is 5.68. The van der Waals surface area contributed by atoms with E-state index >= 15 is 0 Å². The minimum atomic E-state index is -3.16. The second-order valence-electron chi connectivity index (χ2n) is 4.43. The van der Waals surface area contributed by atoms with Gasteiger partial charge >= 0.3 is 0 Å². The molecule has 0 fully saturated rings. The van der Waals surface area contributed by atoms with Gasteiger partial charge in [-0.15, -0.1) is 0 Å². The molecular weight excluding hydrogens is 298 g/mol. The SMILES string of the molecule is Cc1nc(N)nc(N)c1C=CC(F)(F)c1ccc(Cl)cc1. The fourth-order valence-electron chi connectivity index (χ4n) is 1.79. The fraction of sp³-hybridized carbons (Fsp3) is 0.143. The van der Waals surface area contributed by atoms with Crippen LogP contribution in [-0.4, -0.2) is 9.97 Å². The first-order valence-electron chi connectivity index (χ1n) is 6.02. The third-order valence-corrected chi connectivity index (χ3v) is 3.12. The summed E-state index contributed by atoms with van der Waals surface area (Å²) in [6.07, 6.45) is 1.94. The van der Waals surface area contributed by atoms with Crippen LogP contribution in [0.25, 0.3) is 6.08 Å².